The fourth-order valence-corrected chi connectivity index (χ4v) is 8.30. The third-order valence-electron chi connectivity index (χ3n) is 11.8. The van der Waals surface area contributed by atoms with Gasteiger partial charge < -0.3 is 14.2 Å². The van der Waals surface area contributed by atoms with Crippen LogP contribution in [0.3, 0.4) is 0 Å². The van der Waals surface area contributed by atoms with E-state index in [1.54, 1.807) is 0 Å². The summed E-state index contributed by atoms with van der Waals surface area (Å²) in [7, 11) is -0.427. The Kier molecular flexibility index (Phi) is 9.30. The zero-order chi connectivity index (χ0) is 37.5. The average molecular weight is 706 g/mol. The molecular formula is C50H48BNO2. The van der Waals surface area contributed by atoms with Gasteiger partial charge in [0.2, 0.25) is 0 Å². The molecule has 5 aromatic rings. The molecule has 1 fully saturated rings. The summed E-state index contributed by atoms with van der Waals surface area (Å²) in [6.45, 7) is 14.6. The maximum Gasteiger partial charge on any atom is 0.494 e. The van der Waals surface area contributed by atoms with Crippen molar-refractivity contribution in [1.29, 1.82) is 0 Å². The van der Waals surface area contributed by atoms with Crippen LogP contribution >= 0.6 is 0 Å². The summed E-state index contributed by atoms with van der Waals surface area (Å²) in [4.78, 5) is 2.37. The largest absolute Gasteiger partial charge is 0.494 e. The van der Waals surface area contributed by atoms with Crippen LogP contribution in [0.2, 0.25) is 0 Å². The van der Waals surface area contributed by atoms with Crippen LogP contribution < -0.4 is 10.4 Å². The highest BCUT2D eigenvalue weighted by molar-refractivity contribution is 6.62. The molecule has 3 nitrogen and oxygen atoms in total. The molecule has 1 saturated heterocycles. The number of anilines is 3. The first kappa shape index (κ1) is 35.6. The molecule has 1 atom stereocenters. The van der Waals surface area contributed by atoms with Gasteiger partial charge in [-0.05, 0) is 128 Å². The van der Waals surface area contributed by atoms with E-state index in [0.717, 1.165) is 35.4 Å². The van der Waals surface area contributed by atoms with Crippen molar-refractivity contribution in [1.82, 2.24) is 0 Å². The molecule has 2 aliphatic carbocycles. The Balaban J connectivity index is 1.30. The van der Waals surface area contributed by atoms with Crippen LogP contribution in [0, 0.1) is 0 Å². The van der Waals surface area contributed by atoms with E-state index in [9.17, 15) is 0 Å². The summed E-state index contributed by atoms with van der Waals surface area (Å²) in [6, 6.07) is 44.5. The lowest BCUT2D eigenvalue weighted by molar-refractivity contribution is 0.00578. The molecule has 0 bridgehead atoms. The van der Waals surface area contributed by atoms with Crippen molar-refractivity contribution in [2.75, 3.05) is 4.90 Å². The predicted octanol–water partition coefficient (Wildman–Crippen LogP) is 12.2. The number of hydrogen-bond acceptors (Lipinski definition) is 3. The van der Waals surface area contributed by atoms with Gasteiger partial charge in [0.1, 0.15) is 0 Å². The van der Waals surface area contributed by atoms with Gasteiger partial charge in [-0.15, -0.1) is 0 Å². The van der Waals surface area contributed by atoms with Gasteiger partial charge in [-0.2, -0.15) is 0 Å². The molecule has 0 radical (unpaired) electrons. The normalized spacial score (nSPS) is 19.8. The first-order valence-electron chi connectivity index (χ1n) is 19.1. The molecule has 268 valence electrons. The van der Waals surface area contributed by atoms with Gasteiger partial charge in [-0.25, -0.2) is 0 Å². The fourth-order valence-electron chi connectivity index (χ4n) is 8.30. The Morgan fingerprint density at radius 2 is 1.31 bits per heavy atom. The second-order valence-electron chi connectivity index (χ2n) is 15.6. The van der Waals surface area contributed by atoms with Crippen molar-refractivity contribution in [3.8, 4) is 11.1 Å². The van der Waals surface area contributed by atoms with Gasteiger partial charge in [0, 0.05) is 17.1 Å². The number of allylic oxidation sites excluding steroid dienone is 9. The minimum absolute atomic E-state index is 0.408. The fraction of sp³-hybridized carbons (Fsp3) is 0.200. The molecule has 0 saturated carbocycles. The Morgan fingerprint density at radius 1 is 0.685 bits per heavy atom. The molecule has 0 N–H and O–H groups in total. The first-order valence-corrected chi connectivity index (χ1v) is 19.1. The highest BCUT2D eigenvalue weighted by Crippen LogP contribution is 2.57. The molecule has 1 aliphatic heterocycles. The highest BCUT2D eigenvalue weighted by Gasteiger charge is 2.52. The Morgan fingerprint density at radius 3 is 1.98 bits per heavy atom. The summed E-state index contributed by atoms with van der Waals surface area (Å²) >= 11 is 0. The minimum atomic E-state index is -0.495. The third-order valence-corrected chi connectivity index (χ3v) is 11.8. The van der Waals surface area contributed by atoms with Crippen LogP contribution in [0.4, 0.5) is 17.1 Å². The molecule has 4 heteroatoms. The number of benzene rings is 5. The smallest absolute Gasteiger partial charge is 0.399 e. The molecular weight excluding hydrogens is 657 g/mol. The van der Waals surface area contributed by atoms with Crippen LogP contribution in [0.25, 0.3) is 16.7 Å². The van der Waals surface area contributed by atoms with E-state index in [-0.39, 0.29) is 0 Å². The Labute approximate surface area is 321 Å². The topological polar surface area (TPSA) is 21.7 Å². The minimum Gasteiger partial charge on any atom is -0.399 e. The van der Waals surface area contributed by atoms with Gasteiger partial charge in [0.15, 0.2) is 0 Å². The number of hydrogen-bond donors (Lipinski definition) is 0. The van der Waals surface area contributed by atoms with E-state index in [4.69, 9.17) is 9.31 Å². The average Bonchev–Trinajstić information content (AvgIpc) is 3.62. The summed E-state index contributed by atoms with van der Waals surface area (Å²) in [5, 5.41) is 0. The standard InChI is InChI=1S/C50H48BNO2/c1-7-8-11-18-36(2)50(39-21-14-10-15-22-39)46-24-17-16-23-44(46)45-34-33-43(35-47(45)50)52(41-29-25-38(26-30-41)37-19-12-9-13-20-37)42-31-27-40(28-32-42)51-53-48(3,4)49(5,6)54-51/h7-8,10-12,14-35H,1,9,13H2,2-6H3/b11-8-,36-18+. The van der Waals surface area contributed by atoms with Crippen molar-refractivity contribution in [3.05, 3.63) is 198 Å². The summed E-state index contributed by atoms with van der Waals surface area (Å²) < 4.78 is 12.9. The quantitative estimate of drug-likeness (QED) is 0.113. The molecule has 0 amide bonds. The van der Waals surface area contributed by atoms with Crippen molar-refractivity contribution >= 4 is 35.2 Å². The van der Waals surface area contributed by atoms with Crippen molar-refractivity contribution in [2.45, 2.75) is 64.1 Å². The zero-order valence-electron chi connectivity index (χ0n) is 32.1. The molecule has 5 aromatic carbocycles. The van der Waals surface area contributed by atoms with E-state index >= 15 is 0 Å². The maximum atomic E-state index is 6.43. The van der Waals surface area contributed by atoms with Gasteiger partial charge in [-0.1, -0.05) is 140 Å². The molecule has 0 aromatic heterocycles. The van der Waals surface area contributed by atoms with Crippen LogP contribution in [-0.4, -0.2) is 18.3 Å². The van der Waals surface area contributed by atoms with Crippen molar-refractivity contribution in [3.63, 3.8) is 0 Å². The molecule has 0 spiro atoms. The lowest BCUT2D eigenvalue weighted by Gasteiger charge is -2.35. The third kappa shape index (κ3) is 6.04. The van der Waals surface area contributed by atoms with Gasteiger partial charge >= 0.3 is 7.12 Å². The maximum absolute atomic E-state index is 6.43. The Bertz CT molecular complexity index is 2300. The zero-order valence-corrected chi connectivity index (χ0v) is 32.1. The van der Waals surface area contributed by atoms with Crippen LogP contribution in [0.15, 0.2) is 176 Å². The summed E-state index contributed by atoms with van der Waals surface area (Å²) in [6.07, 6.45) is 17.2. The molecule has 1 unspecified atom stereocenters. The molecule has 8 rings (SSSR count). The van der Waals surface area contributed by atoms with Gasteiger partial charge in [0.05, 0.1) is 16.6 Å². The first-order chi connectivity index (χ1) is 26.1. The van der Waals surface area contributed by atoms with Crippen molar-refractivity contribution in [2.24, 2.45) is 0 Å². The Hall–Kier alpha value is -5.42. The SMILES string of the molecule is C=C/C=C\C=C(/C)C1(c2ccccc2)c2ccccc2-c2ccc(N(c3ccc(B4OC(C)(C)C(C)(C)O4)cc3)c3ccc(C4=CCCC=C4)cc3)cc21. The lowest BCUT2D eigenvalue weighted by Crippen LogP contribution is -2.41. The molecule has 3 aliphatic rings. The van der Waals surface area contributed by atoms with E-state index < -0.39 is 23.7 Å². The predicted molar refractivity (Wildman–Crippen MR) is 228 cm³/mol. The van der Waals surface area contributed by atoms with E-state index in [0.29, 0.717) is 0 Å². The number of nitrogens with zero attached hydrogens (tertiary/aromatic N) is 1. The summed E-state index contributed by atoms with van der Waals surface area (Å²) in [5.41, 5.74) is 13.0. The van der Waals surface area contributed by atoms with E-state index in [2.05, 4.69) is 198 Å². The lowest BCUT2D eigenvalue weighted by atomic mass is 9.67. The van der Waals surface area contributed by atoms with Crippen LogP contribution in [0.1, 0.15) is 69.7 Å². The van der Waals surface area contributed by atoms with E-state index in [1.165, 1.54) is 44.5 Å². The van der Waals surface area contributed by atoms with Crippen LogP contribution in [0.5, 0.6) is 0 Å². The van der Waals surface area contributed by atoms with E-state index in [1.807, 2.05) is 12.2 Å². The van der Waals surface area contributed by atoms with Gasteiger partial charge in [0.25, 0.3) is 0 Å². The summed E-state index contributed by atoms with van der Waals surface area (Å²) in [5.74, 6) is 0. The molecule has 54 heavy (non-hydrogen) atoms. The van der Waals surface area contributed by atoms with Crippen LogP contribution in [-0.2, 0) is 14.7 Å². The second kappa shape index (κ2) is 14.1. The highest BCUT2D eigenvalue weighted by atomic mass is 16.7. The monoisotopic (exact) mass is 705 g/mol. The van der Waals surface area contributed by atoms with Crippen molar-refractivity contribution < 1.29 is 9.31 Å². The number of rotatable bonds is 9. The molecule has 1 heterocycles. The number of fused-ring (bicyclic) bond motifs is 3. The van der Waals surface area contributed by atoms with Gasteiger partial charge in [-0.3, -0.25) is 0 Å². The second-order valence-corrected chi connectivity index (χ2v) is 15.6.